The smallest absolute Gasteiger partial charge is 0.271 e. The largest absolute Gasteiger partial charge is 0.328 e. The van der Waals surface area contributed by atoms with Crippen LogP contribution in [-0.2, 0) is 4.79 Å². The van der Waals surface area contributed by atoms with Gasteiger partial charge in [0.2, 0.25) is 5.91 Å². The lowest BCUT2D eigenvalue weighted by molar-refractivity contribution is -0.384. The van der Waals surface area contributed by atoms with Gasteiger partial charge in [-0.15, -0.1) is 0 Å². The van der Waals surface area contributed by atoms with E-state index in [1.807, 2.05) is 0 Å². The maximum absolute atomic E-state index is 12.1. The molecule has 1 fully saturated rings. The summed E-state index contributed by atoms with van der Waals surface area (Å²) in [6, 6.07) is 4.54. The normalized spacial score (nSPS) is 22.2. The molecule has 1 amide bonds. The maximum Gasteiger partial charge on any atom is 0.271 e. The average molecular weight is 263 g/mol. The number of carbonyl (C=O) groups excluding carboxylic acids is 1. The Morgan fingerprint density at radius 3 is 2.79 bits per heavy atom. The standard InChI is InChI=1S/C13H17N3O3/c1-8-2-5-11(16(18)19)7-12(8)15-13(17)9-3-4-10(14)6-9/h2,5,7,9-10H,3-4,6,14H2,1H3,(H,15,17). The molecule has 2 rings (SSSR count). The lowest BCUT2D eigenvalue weighted by Crippen LogP contribution is -2.23. The number of rotatable bonds is 3. The first-order valence-corrected chi connectivity index (χ1v) is 6.29. The van der Waals surface area contributed by atoms with Crippen LogP contribution in [0, 0.1) is 23.0 Å². The summed E-state index contributed by atoms with van der Waals surface area (Å²) < 4.78 is 0. The van der Waals surface area contributed by atoms with Gasteiger partial charge in [-0.25, -0.2) is 0 Å². The summed E-state index contributed by atoms with van der Waals surface area (Å²) in [6.07, 6.45) is 2.31. The Morgan fingerprint density at radius 2 is 2.21 bits per heavy atom. The highest BCUT2D eigenvalue weighted by molar-refractivity contribution is 5.93. The number of nitrogens with two attached hydrogens (primary N) is 1. The zero-order chi connectivity index (χ0) is 14.0. The van der Waals surface area contributed by atoms with Crippen LogP contribution in [0.5, 0.6) is 0 Å². The van der Waals surface area contributed by atoms with Crippen molar-refractivity contribution in [3.8, 4) is 0 Å². The Balaban J connectivity index is 2.12. The van der Waals surface area contributed by atoms with Crippen LogP contribution in [0.15, 0.2) is 18.2 Å². The highest BCUT2D eigenvalue weighted by atomic mass is 16.6. The Labute approximate surface area is 111 Å². The molecule has 1 aliphatic carbocycles. The number of carbonyl (C=O) groups is 1. The fourth-order valence-electron chi connectivity index (χ4n) is 2.35. The van der Waals surface area contributed by atoms with Crippen molar-refractivity contribution >= 4 is 17.3 Å². The molecule has 0 saturated heterocycles. The van der Waals surface area contributed by atoms with Crippen LogP contribution in [0.2, 0.25) is 0 Å². The van der Waals surface area contributed by atoms with Crippen molar-refractivity contribution in [2.75, 3.05) is 5.32 Å². The Kier molecular flexibility index (Phi) is 3.80. The monoisotopic (exact) mass is 263 g/mol. The third-order valence-electron chi connectivity index (χ3n) is 3.53. The number of aryl methyl sites for hydroxylation is 1. The van der Waals surface area contributed by atoms with Gasteiger partial charge >= 0.3 is 0 Å². The molecule has 1 aliphatic rings. The van der Waals surface area contributed by atoms with Crippen LogP contribution < -0.4 is 11.1 Å². The van der Waals surface area contributed by atoms with Crippen molar-refractivity contribution in [1.29, 1.82) is 0 Å². The fraction of sp³-hybridized carbons (Fsp3) is 0.462. The number of amides is 1. The first kappa shape index (κ1) is 13.5. The molecule has 0 radical (unpaired) electrons. The van der Waals surface area contributed by atoms with Gasteiger partial charge in [0, 0.05) is 24.1 Å². The fourth-order valence-corrected chi connectivity index (χ4v) is 2.35. The summed E-state index contributed by atoms with van der Waals surface area (Å²) in [5.41, 5.74) is 7.06. The van der Waals surface area contributed by atoms with Gasteiger partial charge in [0.15, 0.2) is 0 Å². The molecule has 2 unspecified atom stereocenters. The lowest BCUT2D eigenvalue weighted by Gasteiger charge is -2.12. The molecule has 0 aliphatic heterocycles. The van der Waals surface area contributed by atoms with E-state index >= 15 is 0 Å². The summed E-state index contributed by atoms with van der Waals surface area (Å²) in [6.45, 7) is 1.81. The second-order valence-electron chi connectivity index (χ2n) is 5.02. The Morgan fingerprint density at radius 1 is 1.47 bits per heavy atom. The molecular weight excluding hydrogens is 246 g/mol. The van der Waals surface area contributed by atoms with Crippen LogP contribution in [0.1, 0.15) is 24.8 Å². The molecule has 1 aromatic carbocycles. The van der Waals surface area contributed by atoms with E-state index in [9.17, 15) is 14.9 Å². The van der Waals surface area contributed by atoms with Crippen LogP contribution >= 0.6 is 0 Å². The molecule has 0 spiro atoms. The van der Waals surface area contributed by atoms with Gasteiger partial charge in [-0.1, -0.05) is 6.07 Å². The van der Waals surface area contributed by atoms with Crippen LogP contribution in [0.25, 0.3) is 0 Å². The zero-order valence-corrected chi connectivity index (χ0v) is 10.8. The molecule has 1 saturated carbocycles. The summed E-state index contributed by atoms with van der Waals surface area (Å²) in [5, 5.41) is 13.5. The second-order valence-corrected chi connectivity index (χ2v) is 5.02. The Bertz CT molecular complexity index is 516. The number of hydrogen-bond acceptors (Lipinski definition) is 4. The van der Waals surface area contributed by atoms with Gasteiger partial charge in [0.25, 0.3) is 5.69 Å². The molecule has 6 nitrogen and oxygen atoms in total. The minimum atomic E-state index is -0.472. The molecule has 19 heavy (non-hydrogen) atoms. The first-order valence-electron chi connectivity index (χ1n) is 6.29. The highest BCUT2D eigenvalue weighted by Gasteiger charge is 2.28. The van der Waals surface area contributed by atoms with Crippen molar-refractivity contribution < 1.29 is 9.72 Å². The van der Waals surface area contributed by atoms with E-state index in [1.54, 1.807) is 13.0 Å². The van der Waals surface area contributed by atoms with Gasteiger partial charge in [-0.05, 0) is 31.7 Å². The van der Waals surface area contributed by atoms with Crippen molar-refractivity contribution in [3.05, 3.63) is 33.9 Å². The number of hydrogen-bond donors (Lipinski definition) is 2. The minimum Gasteiger partial charge on any atom is -0.328 e. The van der Waals surface area contributed by atoms with Gasteiger partial charge in [-0.2, -0.15) is 0 Å². The van der Waals surface area contributed by atoms with E-state index in [1.165, 1.54) is 12.1 Å². The number of nitro groups is 1. The quantitative estimate of drug-likeness (QED) is 0.643. The van der Waals surface area contributed by atoms with Crippen molar-refractivity contribution in [3.63, 3.8) is 0 Å². The second kappa shape index (κ2) is 5.36. The minimum absolute atomic E-state index is 0.0241. The van der Waals surface area contributed by atoms with E-state index in [0.717, 1.165) is 18.4 Å². The first-order chi connectivity index (χ1) is 8.97. The van der Waals surface area contributed by atoms with Crippen molar-refractivity contribution in [1.82, 2.24) is 0 Å². The van der Waals surface area contributed by atoms with Crippen molar-refractivity contribution in [2.24, 2.45) is 11.7 Å². The molecule has 102 valence electrons. The maximum atomic E-state index is 12.1. The van der Waals surface area contributed by atoms with Gasteiger partial charge in [0.1, 0.15) is 0 Å². The predicted octanol–water partition coefficient (Wildman–Crippen LogP) is 1.97. The van der Waals surface area contributed by atoms with E-state index in [0.29, 0.717) is 12.1 Å². The predicted molar refractivity (Wildman–Crippen MR) is 71.8 cm³/mol. The topological polar surface area (TPSA) is 98.3 Å². The molecule has 0 heterocycles. The van der Waals surface area contributed by atoms with E-state index in [-0.39, 0.29) is 23.6 Å². The average Bonchev–Trinajstić information content (AvgIpc) is 2.78. The van der Waals surface area contributed by atoms with Crippen molar-refractivity contribution in [2.45, 2.75) is 32.2 Å². The van der Waals surface area contributed by atoms with Crippen LogP contribution in [-0.4, -0.2) is 16.9 Å². The van der Waals surface area contributed by atoms with Gasteiger partial charge in [-0.3, -0.25) is 14.9 Å². The molecular formula is C13H17N3O3. The molecule has 1 aromatic rings. The number of benzene rings is 1. The van der Waals surface area contributed by atoms with E-state index < -0.39 is 4.92 Å². The third kappa shape index (κ3) is 3.08. The Hall–Kier alpha value is -1.95. The van der Waals surface area contributed by atoms with E-state index in [4.69, 9.17) is 5.73 Å². The van der Waals surface area contributed by atoms with Crippen LogP contribution in [0.4, 0.5) is 11.4 Å². The van der Waals surface area contributed by atoms with Gasteiger partial charge in [0.05, 0.1) is 10.6 Å². The molecule has 6 heteroatoms. The number of nitro benzene ring substituents is 1. The number of nitrogens with one attached hydrogen (secondary N) is 1. The van der Waals surface area contributed by atoms with Gasteiger partial charge < -0.3 is 11.1 Å². The summed E-state index contributed by atoms with van der Waals surface area (Å²) in [7, 11) is 0. The molecule has 0 aromatic heterocycles. The molecule has 2 atom stereocenters. The summed E-state index contributed by atoms with van der Waals surface area (Å²) in [4.78, 5) is 22.3. The number of anilines is 1. The third-order valence-corrected chi connectivity index (χ3v) is 3.53. The SMILES string of the molecule is Cc1ccc([N+](=O)[O-])cc1NC(=O)C1CCC(N)C1. The molecule has 0 bridgehead atoms. The zero-order valence-electron chi connectivity index (χ0n) is 10.8. The number of non-ortho nitro benzene ring substituents is 1. The summed E-state index contributed by atoms with van der Waals surface area (Å²) >= 11 is 0. The number of nitrogens with zero attached hydrogens (tertiary/aromatic N) is 1. The highest BCUT2D eigenvalue weighted by Crippen LogP contribution is 2.27. The van der Waals surface area contributed by atoms with E-state index in [2.05, 4.69) is 5.32 Å². The van der Waals surface area contributed by atoms with Crippen LogP contribution in [0.3, 0.4) is 0 Å². The lowest BCUT2D eigenvalue weighted by atomic mass is 10.1. The summed E-state index contributed by atoms with van der Waals surface area (Å²) in [5.74, 6) is -0.190. The molecule has 3 N–H and O–H groups in total.